The van der Waals surface area contributed by atoms with Gasteiger partial charge in [0.1, 0.15) is 11.6 Å². The van der Waals surface area contributed by atoms with Crippen molar-refractivity contribution in [1.29, 1.82) is 0 Å². The van der Waals surface area contributed by atoms with Gasteiger partial charge in [0.25, 0.3) is 5.91 Å². The Morgan fingerprint density at radius 2 is 1.71 bits per heavy atom. The Hall–Kier alpha value is -2.91. The molecule has 0 bridgehead atoms. The molecule has 0 radical (unpaired) electrons. The molecule has 0 aliphatic heterocycles. The van der Waals surface area contributed by atoms with Crippen LogP contribution in [0.5, 0.6) is 0 Å². The molecular weight excluding hydrogens is 414 g/mol. The fourth-order valence-electron chi connectivity index (χ4n) is 3.56. The van der Waals surface area contributed by atoms with Crippen molar-refractivity contribution in [3.63, 3.8) is 0 Å². The van der Waals surface area contributed by atoms with E-state index in [1.54, 1.807) is 0 Å². The molecule has 1 aromatic heterocycles. The molecule has 0 unspecified atom stereocenters. The number of alkyl halides is 3. The summed E-state index contributed by atoms with van der Waals surface area (Å²) in [5.41, 5.74) is -0.804. The van der Waals surface area contributed by atoms with E-state index in [9.17, 15) is 22.4 Å². The van der Waals surface area contributed by atoms with E-state index >= 15 is 0 Å². The number of nitrogens with zero attached hydrogens (tertiary/aromatic N) is 3. The lowest BCUT2D eigenvalue weighted by atomic mass is 9.91. The van der Waals surface area contributed by atoms with Gasteiger partial charge in [0.05, 0.1) is 5.56 Å². The maximum atomic E-state index is 13.4. The highest BCUT2D eigenvalue weighted by molar-refractivity contribution is 5.94. The van der Waals surface area contributed by atoms with Crippen LogP contribution in [0.25, 0.3) is 0 Å². The minimum absolute atomic E-state index is 0.132. The van der Waals surface area contributed by atoms with Gasteiger partial charge in [0.2, 0.25) is 5.95 Å². The van der Waals surface area contributed by atoms with E-state index in [2.05, 4.69) is 20.6 Å². The van der Waals surface area contributed by atoms with Crippen LogP contribution in [0.4, 0.5) is 29.3 Å². The van der Waals surface area contributed by atoms with Crippen molar-refractivity contribution < 1.29 is 22.4 Å². The first kappa shape index (κ1) is 22.8. The van der Waals surface area contributed by atoms with Crippen LogP contribution in [0.15, 0.2) is 24.3 Å². The standard InChI is InChI=1S/C21H25F4N5O/c1-12-10-18(30(2)3)29-20(26-12)28-15-7-5-14(6-8-15)27-19(31)13-4-9-17(22)16(11-13)21(23,24)25/h4,9-11,14-15H,5-8H2,1-3H3,(H,27,31)(H,26,28,29)/t14-,15+. The molecule has 1 aliphatic rings. The molecule has 168 valence electrons. The third-order valence-corrected chi connectivity index (χ3v) is 5.23. The summed E-state index contributed by atoms with van der Waals surface area (Å²) < 4.78 is 52.1. The van der Waals surface area contributed by atoms with Crippen molar-refractivity contribution in [3.05, 3.63) is 46.9 Å². The van der Waals surface area contributed by atoms with Gasteiger partial charge in [-0.3, -0.25) is 4.79 Å². The number of anilines is 2. The molecule has 1 aliphatic carbocycles. The fraction of sp³-hybridized carbons (Fsp3) is 0.476. The van der Waals surface area contributed by atoms with Crippen molar-refractivity contribution in [2.75, 3.05) is 24.3 Å². The van der Waals surface area contributed by atoms with Crippen LogP contribution in [-0.4, -0.2) is 42.1 Å². The fourth-order valence-corrected chi connectivity index (χ4v) is 3.56. The van der Waals surface area contributed by atoms with Gasteiger partial charge < -0.3 is 15.5 Å². The Kier molecular flexibility index (Phi) is 6.66. The topological polar surface area (TPSA) is 70.2 Å². The summed E-state index contributed by atoms with van der Waals surface area (Å²) in [6.07, 6.45) is -2.05. The summed E-state index contributed by atoms with van der Waals surface area (Å²) in [4.78, 5) is 23.2. The number of benzene rings is 1. The quantitative estimate of drug-likeness (QED) is 0.685. The maximum absolute atomic E-state index is 13.4. The number of halogens is 4. The Labute approximate surface area is 178 Å². The van der Waals surface area contributed by atoms with Crippen LogP contribution in [0.2, 0.25) is 0 Å². The molecule has 1 amide bonds. The van der Waals surface area contributed by atoms with Gasteiger partial charge >= 0.3 is 6.18 Å². The van der Waals surface area contributed by atoms with Crippen LogP contribution in [0, 0.1) is 12.7 Å². The minimum Gasteiger partial charge on any atom is -0.363 e. The van der Waals surface area contributed by atoms with Crippen molar-refractivity contribution in [1.82, 2.24) is 15.3 Å². The van der Waals surface area contributed by atoms with Gasteiger partial charge in [0, 0.05) is 43.5 Å². The summed E-state index contributed by atoms with van der Waals surface area (Å²) in [6.45, 7) is 1.89. The number of rotatable bonds is 5. The van der Waals surface area contributed by atoms with Crippen LogP contribution in [0.3, 0.4) is 0 Å². The largest absolute Gasteiger partial charge is 0.419 e. The molecule has 0 saturated heterocycles. The number of hydrogen-bond acceptors (Lipinski definition) is 5. The molecule has 2 N–H and O–H groups in total. The summed E-state index contributed by atoms with van der Waals surface area (Å²) in [6, 6.07) is 4.13. The molecule has 6 nitrogen and oxygen atoms in total. The Bertz CT molecular complexity index is 940. The van der Waals surface area contributed by atoms with E-state index in [1.807, 2.05) is 32.0 Å². The molecule has 3 rings (SSSR count). The lowest BCUT2D eigenvalue weighted by Gasteiger charge is -2.30. The van der Waals surface area contributed by atoms with Crippen molar-refractivity contribution in [2.45, 2.75) is 50.9 Å². The molecule has 2 aromatic rings. The van der Waals surface area contributed by atoms with Crippen molar-refractivity contribution >= 4 is 17.7 Å². The van der Waals surface area contributed by atoms with Crippen LogP contribution in [-0.2, 0) is 6.18 Å². The summed E-state index contributed by atoms with van der Waals surface area (Å²) in [5.74, 6) is -0.693. The second-order valence-corrected chi connectivity index (χ2v) is 7.94. The summed E-state index contributed by atoms with van der Waals surface area (Å²) in [5, 5.41) is 6.08. The van der Waals surface area contributed by atoms with Crippen LogP contribution in [0.1, 0.15) is 47.3 Å². The molecule has 1 aromatic carbocycles. The van der Waals surface area contributed by atoms with Crippen LogP contribution < -0.4 is 15.5 Å². The van der Waals surface area contributed by atoms with Crippen molar-refractivity contribution in [2.24, 2.45) is 0 Å². The van der Waals surface area contributed by atoms with Crippen LogP contribution >= 0.6 is 0 Å². The molecule has 1 heterocycles. The smallest absolute Gasteiger partial charge is 0.363 e. The highest BCUT2D eigenvalue weighted by Crippen LogP contribution is 2.32. The first-order valence-corrected chi connectivity index (χ1v) is 10.00. The number of hydrogen-bond donors (Lipinski definition) is 2. The van der Waals surface area contributed by atoms with Gasteiger partial charge in [0.15, 0.2) is 0 Å². The van der Waals surface area contributed by atoms with E-state index in [0.29, 0.717) is 30.9 Å². The second kappa shape index (κ2) is 9.07. The zero-order chi connectivity index (χ0) is 22.8. The zero-order valence-electron chi connectivity index (χ0n) is 17.6. The maximum Gasteiger partial charge on any atom is 0.419 e. The molecule has 10 heteroatoms. The predicted molar refractivity (Wildman–Crippen MR) is 110 cm³/mol. The molecule has 1 fully saturated rings. The number of carbonyl (C=O) groups excluding carboxylic acids is 1. The van der Waals surface area contributed by atoms with Gasteiger partial charge in [-0.1, -0.05) is 0 Å². The van der Waals surface area contributed by atoms with Gasteiger partial charge in [-0.05, 0) is 50.8 Å². The van der Waals surface area contributed by atoms with E-state index in [4.69, 9.17) is 0 Å². The monoisotopic (exact) mass is 439 g/mol. The lowest BCUT2D eigenvalue weighted by molar-refractivity contribution is -0.140. The average Bonchev–Trinajstić information content (AvgIpc) is 2.68. The number of nitrogens with one attached hydrogen (secondary N) is 2. The second-order valence-electron chi connectivity index (χ2n) is 7.94. The van der Waals surface area contributed by atoms with Gasteiger partial charge in [-0.2, -0.15) is 18.2 Å². The molecule has 31 heavy (non-hydrogen) atoms. The summed E-state index contributed by atoms with van der Waals surface area (Å²) >= 11 is 0. The first-order valence-electron chi connectivity index (χ1n) is 10.00. The highest BCUT2D eigenvalue weighted by atomic mass is 19.4. The molecule has 0 atom stereocenters. The Balaban J connectivity index is 1.57. The zero-order valence-corrected chi connectivity index (χ0v) is 17.6. The SMILES string of the molecule is Cc1cc(N(C)C)nc(N[C@H]2CC[C@@H](NC(=O)c3ccc(F)c(C(F)(F)F)c3)CC2)n1. The lowest BCUT2D eigenvalue weighted by Crippen LogP contribution is -2.40. The third-order valence-electron chi connectivity index (χ3n) is 5.23. The van der Waals surface area contributed by atoms with E-state index in [1.165, 1.54) is 0 Å². The van der Waals surface area contributed by atoms with E-state index < -0.39 is 23.5 Å². The van der Waals surface area contributed by atoms with Crippen molar-refractivity contribution in [3.8, 4) is 0 Å². The normalized spacial score (nSPS) is 19.1. The number of aryl methyl sites for hydroxylation is 1. The molecule has 0 spiro atoms. The number of carbonyl (C=O) groups is 1. The Morgan fingerprint density at radius 3 is 2.32 bits per heavy atom. The van der Waals surface area contributed by atoms with E-state index in [0.717, 1.165) is 30.4 Å². The third kappa shape index (κ3) is 5.83. The average molecular weight is 439 g/mol. The molecular formula is C21H25F4N5O. The first-order chi connectivity index (χ1) is 14.5. The number of amides is 1. The highest BCUT2D eigenvalue weighted by Gasteiger charge is 2.35. The summed E-state index contributed by atoms with van der Waals surface area (Å²) in [7, 11) is 3.80. The molecule has 1 saturated carbocycles. The number of aromatic nitrogens is 2. The van der Waals surface area contributed by atoms with E-state index in [-0.39, 0.29) is 17.6 Å². The van der Waals surface area contributed by atoms with Gasteiger partial charge in [-0.25, -0.2) is 9.37 Å². The minimum atomic E-state index is -4.85. The predicted octanol–water partition coefficient (Wildman–Crippen LogP) is 4.16. The van der Waals surface area contributed by atoms with Gasteiger partial charge in [-0.15, -0.1) is 0 Å². The Morgan fingerprint density at radius 1 is 1.06 bits per heavy atom.